The van der Waals surface area contributed by atoms with Crippen LogP contribution in [0.15, 0.2) is 18.2 Å². The maximum absolute atomic E-state index is 6.07. The van der Waals surface area contributed by atoms with Gasteiger partial charge >= 0.3 is 0 Å². The number of hydrogen-bond acceptors (Lipinski definition) is 2. The number of nitrogens with one attached hydrogen (secondary N) is 1. The van der Waals surface area contributed by atoms with E-state index in [0.29, 0.717) is 6.04 Å². The monoisotopic (exact) mass is 264 g/mol. The van der Waals surface area contributed by atoms with Crippen molar-refractivity contribution in [3.63, 3.8) is 0 Å². The molecule has 3 heteroatoms. The lowest BCUT2D eigenvalue weighted by Gasteiger charge is -2.20. The number of likely N-dealkylation sites (tertiary alicyclic amines) is 1. The third-order valence-electron chi connectivity index (χ3n) is 4.20. The van der Waals surface area contributed by atoms with Crippen molar-refractivity contribution in [2.75, 3.05) is 11.9 Å². The zero-order chi connectivity index (χ0) is 12.7. The summed E-state index contributed by atoms with van der Waals surface area (Å²) >= 11 is 6.07. The zero-order valence-corrected chi connectivity index (χ0v) is 11.9. The second-order valence-electron chi connectivity index (χ2n) is 5.81. The number of anilines is 1. The van der Waals surface area contributed by atoms with Gasteiger partial charge in [0.25, 0.3) is 0 Å². The highest BCUT2D eigenvalue weighted by Gasteiger charge is 2.38. The minimum absolute atomic E-state index is 0.567. The molecule has 0 bridgehead atoms. The molecule has 2 unspecified atom stereocenters. The molecule has 0 amide bonds. The first-order chi connectivity index (χ1) is 8.63. The molecule has 2 atom stereocenters. The maximum Gasteiger partial charge on any atom is 0.0426 e. The third-order valence-corrected chi connectivity index (χ3v) is 4.43. The van der Waals surface area contributed by atoms with E-state index in [1.54, 1.807) is 0 Å². The van der Waals surface area contributed by atoms with Crippen molar-refractivity contribution in [1.82, 2.24) is 4.90 Å². The first-order valence-corrected chi connectivity index (χ1v) is 7.29. The van der Waals surface area contributed by atoms with E-state index in [4.69, 9.17) is 11.6 Å². The summed E-state index contributed by atoms with van der Waals surface area (Å²) in [6, 6.07) is 8.23. The lowest BCUT2D eigenvalue weighted by Crippen LogP contribution is -2.31. The molecule has 2 fully saturated rings. The molecule has 1 heterocycles. The molecule has 1 N–H and O–H groups in total. The normalized spacial score (nSPS) is 28.6. The zero-order valence-electron chi connectivity index (χ0n) is 11.1. The van der Waals surface area contributed by atoms with Gasteiger partial charge in [-0.1, -0.05) is 17.7 Å². The summed E-state index contributed by atoms with van der Waals surface area (Å²) in [5, 5.41) is 4.48. The number of nitrogens with zero attached hydrogens (tertiary/aromatic N) is 1. The summed E-state index contributed by atoms with van der Waals surface area (Å²) in [6.45, 7) is 5.66. The highest BCUT2D eigenvalue weighted by Crippen LogP contribution is 2.34. The van der Waals surface area contributed by atoms with E-state index in [-0.39, 0.29) is 0 Å². The van der Waals surface area contributed by atoms with E-state index < -0.39 is 0 Å². The quantitative estimate of drug-likeness (QED) is 0.896. The summed E-state index contributed by atoms with van der Waals surface area (Å²) in [5.74, 6) is 0. The van der Waals surface area contributed by atoms with Gasteiger partial charge < -0.3 is 5.32 Å². The Morgan fingerprint density at radius 3 is 2.83 bits per heavy atom. The smallest absolute Gasteiger partial charge is 0.0426 e. The Labute approximate surface area is 114 Å². The molecule has 1 aliphatic carbocycles. The average molecular weight is 265 g/mol. The van der Waals surface area contributed by atoms with E-state index >= 15 is 0 Å². The van der Waals surface area contributed by atoms with Crippen LogP contribution < -0.4 is 5.32 Å². The van der Waals surface area contributed by atoms with Crippen LogP contribution in [0.2, 0.25) is 5.02 Å². The number of aryl methyl sites for hydroxylation is 1. The van der Waals surface area contributed by atoms with Crippen molar-refractivity contribution in [2.45, 2.75) is 51.2 Å². The van der Waals surface area contributed by atoms with Gasteiger partial charge in [-0.2, -0.15) is 0 Å². The SMILES string of the molecule is Cc1ccc(Cl)cc1NC1CC(C)N(C2CC2)C1. The lowest BCUT2D eigenvalue weighted by atomic mass is 10.1. The Hall–Kier alpha value is -0.730. The second-order valence-corrected chi connectivity index (χ2v) is 6.25. The molecule has 98 valence electrons. The summed E-state index contributed by atoms with van der Waals surface area (Å²) in [5.41, 5.74) is 2.47. The second kappa shape index (κ2) is 4.75. The highest BCUT2D eigenvalue weighted by atomic mass is 35.5. The van der Waals surface area contributed by atoms with Crippen LogP contribution in [0, 0.1) is 6.92 Å². The fourth-order valence-electron chi connectivity index (χ4n) is 3.05. The predicted octanol–water partition coefficient (Wildman–Crippen LogP) is 3.69. The van der Waals surface area contributed by atoms with Crippen LogP contribution in [0.25, 0.3) is 0 Å². The third kappa shape index (κ3) is 2.50. The van der Waals surface area contributed by atoms with Gasteiger partial charge in [0.1, 0.15) is 0 Å². The minimum atomic E-state index is 0.567. The van der Waals surface area contributed by atoms with Crippen molar-refractivity contribution >= 4 is 17.3 Å². The van der Waals surface area contributed by atoms with Gasteiger partial charge in [-0.05, 0) is 50.8 Å². The van der Waals surface area contributed by atoms with Crippen LogP contribution in [0.5, 0.6) is 0 Å². The summed E-state index contributed by atoms with van der Waals surface area (Å²) in [6.07, 6.45) is 4.03. The molecule has 1 aromatic rings. The molecule has 2 nitrogen and oxygen atoms in total. The Morgan fingerprint density at radius 1 is 1.33 bits per heavy atom. The number of rotatable bonds is 3. The maximum atomic E-state index is 6.07. The van der Waals surface area contributed by atoms with Crippen molar-refractivity contribution in [2.24, 2.45) is 0 Å². The van der Waals surface area contributed by atoms with Gasteiger partial charge in [0.15, 0.2) is 0 Å². The van der Waals surface area contributed by atoms with Crippen molar-refractivity contribution < 1.29 is 0 Å². The van der Waals surface area contributed by atoms with Crippen molar-refractivity contribution in [3.05, 3.63) is 28.8 Å². The van der Waals surface area contributed by atoms with Crippen molar-refractivity contribution in [1.29, 1.82) is 0 Å². The van der Waals surface area contributed by atoms with Gasteiger partial charge in [-0.3, -0.25) is 4.90 Å². The van der Waals surface area contributed by atoms with E-state index in [9.17, 15) is 0 Å². The van der Waals surface area contributed by atoms with Gasteiger partial charge in [-0.15, -0.1) is 0 Å². The largest absolute Gasteiger partial charge is 0.381 e. The molecule has 1 aromatic carbocycles. The minimum Gasteiger partial charge on any atom is -0.381 e. The molecule has 18 heavy (non-hydrogen) atoms. The Bertz CT molecular complexity index is 442. The van der Waals surface area contributed by atoms with Crippen LogP contribution in [0.3, 0.4) is 0 Å². The standard InChI is InChI=1S/C15H21ClN2/c1-10-3-4-12(16)8-15(10)17-13-7-11(2)18(9-13)14-5-6-14/h3-4,8,11,13-14,17H,5-7,9H2,1-2H3. The average Bonchev–Trinajstić information content (AvgIpc) is 3.09. The first kappa shape index (κ1) is 12.3. The lowest BCUT2D eigenvalue weighted by molar-refractivity contribution is 0.257. The van der Waals surface area contributed by atoms with Gasteiger partial charge in [0.2, 0.25) is 0 Å². The van der Waals surface area contributed by atoms with Crippen LogP contribution in [-0.4, -0.2) is 29.6 Å². The van der Waals surface area contributed by atoms with Crippen molar-refractivity contribution in [3.8, 4) is 0 Å². The topological polar surface area (TPSA) is 15.3 Å². The number of benzene rings is 1. The first-order valence-electron chi connectivity index (χ1n) is 6.92. The molecule has 0 radical (unpaired) electrons. The number of hydrogen-bond donors (Lipinski definition) is 1. The Balaban J connectivity index is 1.68. The summed E-state index contributed by atoms with van der Waals surface area (Å²) < 4.78 is 0. The molecule has 1 saturated carbocycles. The molecule has 3 rings (SSSR count). The van der Waals surface area contributed by atoms with Gasteiger partial charge in [-0.25, -0.2) is 0 Å². The van der Waals surface area contributed by atoms with E-state index in [1.807, 2.05) is 12.1 Å². The predicted molar refractivity (Wildman–Crippen MR) is 77.4 cm³/mol. The summed E-state index contributed by atoms with van der Waals surface area (Å²) in [7, 11) is 0. The Kier molecular flexibility index (Phi) is 3.25. The van der Waals surface area contributed by atoms with Crippen LogP contribution in [0.1, 0.15) is 31.7 Å². The highest BCUT2D eigenvalue weighted by molar-refractivity contribution is 6.30. The fraction of sp³-hybridized carbons (Fsp3) is 0.600. The fourth-order valence-corrected chi connectivity index (χ4v) is 3.22. The van der Waals surface area contributed by atoms with Crippen LogP contribution in [-0.2, 0) is 0 Å². The summed E-state index contributed by atoms with van der Waals surface area (Å²) in [4.78, 5) is 2.66. The van der Waals surface area contributed by atoms with E-state index in [2.05, 4.69) is 30.1 Å². The molecular weight excluding hydrogens is 244 g/mol. The van der Waals surface area contributed by atoms with Gasteiger partial charge in [0, 0.05) is 35.4 Å². The molecule has 0 aromatic heterocycles. The Morgan fingerprint density at radius 2 is 2.11 bits per heavy atom. The molecule has 2 aliphatic rings. The van der Waals surface area contributed by atoms with E-state index in [1.165, 1.54) is 37.1 Å². The number of halogens is 1. The molecular formula is C15H21ClN2. The van der Waals surface area contributed by atoms with Crippen LogP contribution in [0.4, 0.5) is 5.69 Å². The molecule has 1 aliphatic heterocycles. The molecule has 0 spiro atoms. The van der Waals surface area contributed by atoms with Gasteiger partial charge in [0.05, 0.1) is 0 Å². The van der Waals surface area contributed by atoms with Crippen LogP contribution >= 0.6 is 11.6 Å². The molecule has 1 saturated heterocycles. The van der Waals surface area contributed by atoms with E-state index in [0.717, 1.165) is 17.1 Å².